The lowest BCUT2D eigenvalue weighted by Crippen LogP contribution is -2.28. The average molecular weight is 741 g/mol. The average Bonchev–Trinajstić information content (AvgIpc) is 3.85. The molecule has 0 aliphatic carbocycles. The fraction of sp³-hybridized carbons (Fsp3) is 0.375. The molecule has 0 fully saturated rings. The molecule has 0 spiro atoms. The molecule has 2 atom stereocenters. The van der Waals surface area contributed by atoms with Crippen LogP contribution < -0.4 is 10.6 Å². The Labute approximate surface area is 286 Å². The van der Waals surface area contributed by atoms with Gasteiger partial charge in [-0.05, 0) is 73.8 Å². The number of rotatable bonds is 18. The summed E-state index contributed by atoms with van der Waals surface area (Å²) in [6.45, 7) is 8.53. The zero-order valence-corrected chi connectivity index (χ0v) is 31.7. The van der Waals surface area contributed by atoms with E-state index in [1.54, 1.807) is 59.2 Å². The Balaban J connectivity index is 1.80. The van der Waals surface area contributed by atoms with Crippen molar-refractivity contribution >= 4 is 82.5 Å². The highest BCUT2D eigenvalue weighted by atomic mass is 32.1. The minimum absolute atomic E-state index is 0.162. The first kappa shape index (κ1) is 35.1. The van der Waals surface area contributed by atoms with Crippen LogP contribution in [-0.2, 0) is 27.2 Å². The molecule has 5 rings (SSSR count). The van der Waals surface area contributed by atoms with E-state index in [0.717, 1.165) is 42.1 Å². The molecule has 0 saturated carbocycles. The van der Waals surface area contributed by atoms with Crippen LogP contribution >= 0.6 is 71.9 Å². The monoisotopic (exact) mass is 740 g/mol. The molecule has 0 aliphatic rings. The van der Waals surface area contributed by atoms with E-state index in [1.807, 2.05) is 24.3 Å². The summed E-state index contributed by atoms with van der Waals surface area (Å²) in [5.41, 5.74) is 0. The molecule has 5 heterocycles. The minimum Gasteiger partial charge on any atom is -0.305 e. The van der Waals surface area contributed by atoms with E-state index < -0.39 is 15.2 Å². The highest BCUT2D eigenvalue weighted by Crippen LogP contribution is 2.60. The molecule has 2 unspecified atom stereocenters. The lowest BCUT2D eigenvalue weighted by atomic mass is 10.3. The molecule has 45 heavy (non-hydrogen) atoms. The van der Waals surface area contributed by atoms with Crippen molar-refractivity contribution in [3.05, 3.63) is 59.3 Å². The smallest absolute Gasteiger partial charge is 0.305 e. The molecule has 242 valence electrons. The molecular weight excluding hydrogens is 703 g/mol. The molecule has 0 bridgehead atoms. The third-order valence-corrected chi connectivity index (χ3v) is 17.3. The standard InChI is InChI=1S/C32H38O6P2S5/c1-5-9-19-37-39(33,35-7-3)29-30(40(34,36-8-4)38-20-10-6-2)32(28-18-16-26(44-28)24-14-12-22-42-24)45-31(29)27-17-15-25(43-27)23-13-11-21-41-23/h11-18,21-22H,5-10,19-20H2,1-4H3. The number of thiophene rings is 5. The Bertz CT molecular complexity index is 1610. The molecular formula is C32H38O6P2S5. The van der Waals surface area contributed by atoms with E-state index >= 15 is 9.13 Å². The second kappa shape index (κ2) is 16.3. The van der Waals surface area contributed by atoms with Gasteiger partial charge in [-0.1, -0.05) is 38.8 Å². The van der Waals surface area contributed by atoms with Crippen LogP contribution in [0.1, 0.15) is 53.4 Å². The third-order valence-electron chi connectivity index (χ3n) is 6.71. The summed E-state index contributed by atoms with van der Waals surface area (Å²) in [7, 11) is -8.00. The van der Waals surface area contributed by atoms with Crippen molar-refractivity contribution in [3.8, 4) is 39.0 Å². The third kappa shape index (κ3) is 7.93. The highest BCUT2D eigenvalue weighted by Gasteiger charge is 2.46. The van der Waals surface area contributed by atoms with Crippen molar-refractivity contribution in [1.82, 2.24) is 0 Å². The largest absolute Gasteiger partial charge is 0.363 e. The fourth-order valence-corrected chi connectivity index (χ4v) is 15.2. The van der Waals surface area contributed by atoms with Gasteiger partial charge in [0.15, 0.2) is 0 Å². The Morgan fingerprint density at radius 1 is 0.533 bits per heavy atom. The summed E-state index contributed by atoms with van der Waals surface area (Å²) in [4.78, 5) is 7.73. The maximum Gasteiger partial charge on any atom is 0.363 e. The summed E-state index contributed by atoms with van der Waals surface area (Å²) in [5, 5.41) is 4.72. The quantitative estimate of drug-likeness (QED) is 0.0658. The van der Waals surface area contributed by atoms with Crippen molar-refractivity contribution < 1.29 is 27.2 Å². The van der Waals surface area contributed by atoms with E-state index in [0.29, 0.717) is 33.2 Å². The zero-order chi connectivity index (χ0) is 31.9. The SMILES string of the molecule is CCCCOP(=O)(OCC)c1c(-c2ccc(-c3cccs3)s2)sc(-c2ccc(-c3cccs3)s2)c1P(=O)(OCC)OCCCC. The van der Waals surface area contributed by atoms with Gasteiger partial charge in [-0.25, -0.2) is 0 Å². The van der Waals surface area contributed by atoms with Gasteiger partial charge in [0.05, 0.1) is 46.8 Å². The first-order chi connectivity index (χ1) is 21.9. The van der Waals surface area contributed by atoms with Gasteiger partial charge < -0.3 is 18.1 Å². The number of hydrogen-bond acceptors (Lipinski definition) is 11. The first-order valence-electron chi connectivity index (χ1n) is 15.1. The Morgan fingerprint density at radius 2 is 0.956 bits per heavy atom. The molecule has 0 aliphatic heterocycles. The van der Waals surface area contributed by atoms with Crippen LogP contribution in [0.25, 0.3) is 39.0 Å². The van der Waals surface area contributed by atoms with Gasteiger partial charge in [-0.2, -0.15) is 0 Å². The maximum atomic E-state index is 15.1. The second-order valence-corrected chi connectivity index (χ2v) is 18.9. The predicted molar refractivity (Wildman–Crippen MR) is 197 cm³/mol. The van der Waals surface area contributed by atoms with Crippen LogP contribution in [0.2, 0.25) is 0 Å². The van der Waals surface area contributed by atoms with E-state index in [-0.39, 0.29) is 26.4 Å². The first-order valence-corrected chi connectivity index (χ1v) is 22.4. The number of unbranched alkanes of at least 4 members (excludes halogenated alkanes) is 2. The Morgan fingerprint density at radius 3 is 1.31 bits per heavy atom. The molecule has 0 radical (unpaired) electrons. The minimum atomic E-state index is -4.00. The van der Waals surface area contributed by atoms with Crippen LogP contribution in [0.5, 0.6) is 0 Å². The summed E-state index contributed by atoms with van der Waals surface area (Å²) < 4.78 is 54.8. The van der Waals surface area contributed by atoms with Gasteiger partial charge in [0, 0.05) is 29.3 Å². The van der Waals surface area contributed by atoms with Crippen molar-refractivity contribution in [1.29, 1.82) is 0 Å². The summed E-state index contributed by atoms with van der Waals surface area (Å²) in [6.07, 6.45) is 3.17. The molecule has 0 aromatic carbocycles. The summed E-state index contributed by atoms with van der Waals surface area (Å²) in [5.74, 6) is 0. The van der Waals surface area contributed by atoms with Crippen molar-refractivity contribution in [3.63, 3.8) is 0 Å². The molecule has 0 saturated heterocycles. The van der Waals surface area contributed by atoms with E-state index in [2.05, 4.69) is 48.9 Å². The second-order valence-electron chi connectivity index (χ2n) is 9.94. The lowest BCUT2D eigenvalue weighted by Gasteiger charge is -2.24. The summed E-state index contributed by atoms with van der Waals surface area (Å²) >= 11 is 8.02. The van der Waals surface area contributed by atoms with Gasteiger partial charge in [-0.3, -0.25) is 9.13 Å². The van der Waals surface area contributed by atoms with Gasteiger partial charge in [0.25, 0.3) is 0 Å². The van der Waals surface area contributed by atoms with Crippen molar-refractivity contribution in [2.75, 3.05) is 26.4 Å². The van der Waals surface area contributed by atoms with E-state index in [9.17, 15) is 0 Å². The predicted octanol–water partition coefficient (Wildman–Crippen LogP) is 12.0. The maximum absolute atomic E-state index is 15.1. The van der Waals surface area contributed by atoms with Crippen LogP contribution in [0.3, 0.4) is 0 Å². The molecule has 5 aromatic heterocycles. The molecule has 0 amide bonds. The van der Waals surface area contributed by atoms with Crippen LogP contribution in [0.4, 0.5) is 0 Å². The topological polar surface area (TPSA) is 71.1 Å². The lowest BCUT2D eigenvalue weighted by molar-refractivity contribution is 0.215. The van der Waals surface area contributed by atoms with E-state index in [1.165, 1.54) is 11.3 Å². The van der Waals surface area contributed by atoms with Crippen LogP contribution in [-0.4, -0.2) is 26.4 Å². The number of hydrogen-bond donors (Lipinski definition) is 0. The van der Waals surface area contributed by atoms with Crippen molar-refractivity contribution in [2.24, 2.45) is 0 Å². The molecule has 6 nitrogen and oxygen atoms in total. The summed E-state index contributed by atoms with van der Waals surface area (Å²) in [6, 6.07) is 16.5. The van der Waals surface area contributed by atoms with Gasteiger partial charge in [-0.15, -0.1) is 56.7 Å². The molecule has 13 heteroatoms. The van der Waals surface area contributed by atoms with Gasteiger partial charge in [0.2, 0.25) is 0 Å². The van der Waals surface area contributed by atoms with Gasteiger partial charge >= 0.3 is 15.2 Å². The molecule has 0 N–H and O–H groups in total. The van der Waals surface area contributed by atoms with E-state index in [4.69, 9.17) is 18.1 Å². The molecule has 5 aromatic rings. The zero-order valence-electron chi connectivity index (χ0n) is 25.8. The van der Waals surface area contributed by atoms with Crippen LogP contribution in [0, 0.1) is 0 Å². The highest BCUT2D eigenvalue weighted by molar-refractivity contribution is 7.71. The Kier molecular flexibility index (Phi) is 12.7. The normalized spacial score (nSPS) is 14.5. The van der Waals surface area contributed by atoms with Crippen molar-refractivity contribution in [2.45, 2.75) is 53.4 Å². The van der Waals surface area contributed by atoms with Crippen LogP contribution in [0.15, 0.2) is 59.3 Å². The fourth-order valence-electron chi connectivity index (χ4n) is 4.61. The van der Waals surface area contributed by atoms with Gasteiger partial charge in [0.1, 0.15) is 0 Å². The Hall–Kier alpha value is -1.20.